The molecule has 0 spiro atoms. The number of nitro groups is 1. The number of benzene rings is 1. The van der Waals surface area contributed by atoms with E-state index in [1.54, 1.807) is 18.3 Å². The number of nitro benzene ring substituents is 1. The van der Waals surface area contributed by atoms with Gasteiger partial charge in [0.15, 0.2) is 0 Å². The monoisotopic (exact) mass is 232 g/mol. The Hall–Kier alpha value is -2.37. The molecule has 6 nitrogen and oxygen atoms in total. The van der Waals surface area contributed by atoms with Gasteiger partial charge in [0.05, 0.1) is 23.4 Å². The van der Waals surface area contributed by atoms with E-state index < -0.39 is 4.92 Å². The van der Waals surface area contributed by atoms with Crippen LogP contribution < -0.4 is 5.32 Å². The maximum atomic E-state index is 10.5. The second-order valence-electron chi connectivity index (χ2n) is 3.65. The largest absolute Gasteiger partial charge is 0.379 e. The normalized spacial score (nSPS) is 10.2. The molecule has 2 rings (SSSR count). The fraction of sp³-hybridized carbons (Fsp3) is 0.182. The number of non-ortho nitro benzene ring substituents is 1. The van der Waals surface area contributed by atoms with Crippen molar-refractivity contribution >= 4 is 11.4 Å². The molecular formula is C11H12N4O2. The molecule has 0 saturated heterocycles. The first-order valence-electron chi connectivity index (χ1n) is 5.14. The number of rotatable bonds is 4. The first-order chi connectivity index (χ1) is 8.15. The third kappa shape index (κ3) is 2.81. The van der Waals surface area contributed by atoms with E-state index in [1.165, 1.54) is 12.1 Å². The summed E-state index contributed by atoms with van der Waals surface area (Å²) in [4.78, 5) is 17.2. The van der Waals surface area contributed by atoms with E-state index in [0.29, 0.717) is 6.54 Å². The molecule has 2 N–H and O–H groups in total. The van der Waals surface area contributed by atoms with E-state index in [-0.39, 0.29) is 5.69 Å². The Labute approximate surface area is 97.9 Å². The first-order valence-corrected chi connectivity index (χ1v) is 5.14. The maximum Gasteiger partial charge on any atom is 0.269 e. The zero-order chi connectivity index (χ0) is 12.3. The van der Waals surface area contributed by atoms with Crippen LogP contribution in [0.1, 0.15) is 11.5 Å². The molecule has 0 fully saturated rings. The van der Waals surface area contributed by atoms with E-state index in [9.17, 15) is 10.1 Å². The maximum absolute atomic E-state index is 10.5. The summed E-state index contributed by atoms with van der Waals surface area (Å²) in [7, 11) is 0. The Morgan fingerprint density at radius 3 is 2.65 bits per heavy atom. The third-order valence-corrected chi connectivity index (χ3v) is 2.32. The van der Waals surface area contributed by atoms with Crippen molar-refractivity contribution in [3.8, 4) is 0 Å². The summed E-state index contributed by atoms with van der Waals surface area (Å²) in [5.41, 5.74) is 1.90. The lowest BCUT2D eigenvalue weighted by atomic mass is 10.3. The highest BCUT2D eigenvalue weighted by Crippen LogP contribution is 2.15. The predicted molar refractivity (Wildman–Crippen MR) is 63.7 cm³/mol. The van der Waals surface area contributed by atoms with Crippen LogP contribution in [0.5, 0.6) is 0 Å². The van der Waals surface area contributed by atoms with Crippen LogP contribution >= 0.6 is 0 Å². The number of aromatic nitrogens is 2. The number of aromatic amines is 1. The molecule has 6 heteroatoms. The molecule has 0 aliphatic heterocycles. The summed E-state index contributed by atoms with van der Waals surface area (Å²) in [6.07, 6.45) is 1.76. The number of aryl methyl sites for hydroxylation is 1. The van der Waals surface area contributed by atoms with E-state index in [2.05, 4.69) is 15.3 Å². The van der Waals surface area contributed by atoms with Crippen LogP contribution in [0, 0.1) is 17.0 Å². The molecule has 0 aliphatic rings. The van der Waals surface area contributed by atoms with Crippen LogP contribution in [0.3, 0.4) is 0 Å². The van der Waals surface area contributed by atoms with Gasteiger partial charge in [0.2, 0.25) is 0 Å². The van der Waals surface area contributed by atoms with E-state index >= 15 is 0 Å². The fourth-order valence-electron chi connectivity index (χ4n) is 1.46. The highest BCUT2D eigenvalue weighted by molar-refractivity contribution is 5.48. The molecule has 0 atom stereocenters. The summed E-state index contributed by atoms with van der Waals surface area (Å²) in [6, 6.07) is 6.31. The second kappa shape index (κ2) is 4.65. The lowest BCUT2D eigenvalue weighted by Crippen LogP contribution is -1.99. The molecule has 1 heterocycles. The van der Waals surface area contributed by atoms with Gasteiger partial charge in [-0.3, -0.25) is 10.1 Å². The van der Waals surface area contributed by atoms with Gasteiger partial charge in [-0.1, -0.05) is 0 Å². The number of anilines is 1. The van der Waals surface area contributed by atoms with Gasteiger partial charge in [0.1, 0.15) is 5.82 Å². The molecular weight excluding hydrogens is 220 g/mol. The molecule has 88 valence electrons. The van der Waals surface area contributed by atoms with Crippen molar-refractivity contribution < 1.29 is 4.92 Å². The molecule has 17 heavy (non-hydrogen) atoms. The number of hydrogen-bond donors (Lipinski definition) is 2. The Morgan fingerprint density at radius 2 is 2.12 bits per heavy atom. The van der Waals surface area contributed by atoms with Crippen LogP contribution in [-0.4, -0.2) is 14.9 Å². The van der Waals surface area contributed by atoms with Crippen LogP contribution in [0.25, 0.3) is 0 Å². The number of nitrogens with zero attached hydrogens (tertiary/aromatic N) is 2. The van der Waals surface area contributed by atoms with Gasteiger partial charge < -0.3 is 10.3 Å². The number of imidazole rings is 1. The summed E-state index contributed by atoms with van der Waals surface area (Å²) in [6.45, 7) is 2.49. The number of H-pyrrole nitrogens is 1. The average molecular weight is 232 g/mol. The molecule has 0 bridgehead atoms. The van der Waals surface area contributed by atoms with E-state index in [1.807, 2.05) is 6.92 Å². The van der Waals surface area contributed by atoms with Crippen LogP contribution in [-0.2, 0) is 6.54 Å². The lowest BCUT2D eigenvalue weighted by Gasteiger charge is -2.03. The minimum absolute atomic E-state index is 0.0907. The van der Waals surface area contributed by atoms with Crippen molar-refractivity contribution in [2.24, 2.45) is 0 Å². The standard InChI is InChI=1S/C11H12N4O2/c1-8-12-6-10(14-8)7-13-9-2-4-11(5-3-9)15(16)17/h2-6,13H,7H2,1H3,(H,12,14). The lowest BCUT2D eigenvalue weighted by molar-refractivity contribution is -0.384. The van der Waals surface area contributed by atoms with Crippen molar-refractivity contribution in [1.29, 1.82) is 0 Å². The molecule has 0 unspecified atom stereocenters. The Kier molecular flexibility index (Phi) is 3.04. The topological polar surface area (TPSA) is 83.8 Å². The van der Waals surface area contributed by atoms with Crippen molar-refractivity contribution in [2.45, 2.75) is 13.5 Å². The van der Waals surface area contributed by atoms with Crippen LogP contribution in [0.15, 0.2) is 30.5 Å². The highest BCUT2D eigenvalue weighted by Gasteiger charge is 2.03. The van der Waals surface area contributed by atoms with Gasteiger partial charge in [-0.05, 0) is 19.1 Å². The summed E-state index contributed by atoms with van der Waals surface area (Å²) < 4.78 is 0. The van der Waals surface area contributed by atoms with Crippen molar-refractivity contribution in [1.82, 2.24) is 9.97 Å². The fourth-order valence-corrected chi connectivity index (χ4v) is 1.46. The SMILES string of the molecule is Cc1ncc(CNc2ccc([N+](=O)[O-])cc2)[nH]1. The Bertz CT molecular complexity index is 519. The minimum atomic E-state index is -0.415. The second-order valence-corrected chi connectivity index (χ2v) is 3.65. The van der Waals surface area contributed by atoms with Gasteiger partial charge in [0.25, 0.3) is 5.69 Å². The van der Waals surface area contributed by atoms with Crippen molar-refractivity contribution in [3.05, 3.63) is 52.1 Å². The van der Waals surface area contributed by atoms with Gasteiger partial charge in [-0.15, -0.1) is 0 Å². The van der Waals surface area contributed by atoms with Gasteiger partial charge in [-0.2, -0.15) is 0 Å². The first kappa shape index (κ1) is 11.1. The minimum Gasteiger partial charge on any atom is -0.379 e. The predicted octanol–water partition coefficient (Wildman–Crippen LogP) is 2.24. The van der Waals surface area contributed by atoms with Gasteiger partial charge in [-0.25, -0.2) is 4.98 Å². The summed E-state index contributed by atoms with van der Waals surface area (Å²) in [5.74, 6) is 0.866. The molecule has 0 radical (unpaired) electrons. The third-order valence-electron chi connectivity index (χ3n) is 2.32. The van der Waals surface area contributed by atoms with Gasteiger partial charge >= 0.3 is 0 Å². The molecule has 0 aliphatic carbocycles. The van der Waals surface area contributed by atoms with Crippen molar-refractivity contribution in [2.75, 3.05) is 5.32 Å². The molecule has 0 amide bonds. The average Bonchev–Trinajstić information content (AvgIpc) is 2.73. The van der Waals surface area contributed by atoms with Crippen molar-refractivity contribution in [3.63, 3.8) is 0 Å². The quantitative estimate of drug-likeness (QED) is 0.625. The Morgan fingerprint density at radius 1 is 1.41 bits per heavy atom. The van der Waals surface area contributed by atoms with Gasteiger partial charge in [0, 0.05) is 17.8 Å². The molecule has 1 aromatic heterocycles. The van der Waals surface area contributed by atoms with E-state index in [0.717, 1.165) is 17.2 Å². The Balaban J connectivity index is 1.97. The zero-order valence-electron chi connectivity index (χ0n) is 9.30. The molecule has 0 saturated carbocycles. The molecule has 1 aromatic carbocycles. The zero-order valence-corrected chi connectivity index (χ0v) is 9.30. The van der Waals surface area contributed by atoms with Crippen LogP contribution in [0.4, 0.5) is 11.4 Å². The number of nitrogens with one attached hydrogen (secondary N) is 2. The summed E-state index contributed by atoms with van der Waals surface area (Å²) in [5, 5.41) is 13.6. The van der Waals surface area contributed by atoms with Crippen LogP contribution in [0.2, 0.25) is 0 Å². The smallest absolute Gasteiger partial charge is 0.269 e. The highest BCUT2D eigenvalue weighted by atomic mass is 16.6. The van der Waals surface area contributed by atoms with E-state index in [4.69, 9.17) is 0 Å². The number of hydrogen-bond acceptors (Lipinski definition) is 4. The molecule has 2 aromatic rings. The summed E-state index contributed by atoms with van der Waals surface area (Å²) >= 11 is 0.